The van der Waals surface area contributed by atoms with Gasteiger partial charge in [-0.15, -0.1) is 0 Å². The van der Waals surface area contributed by atoms with Gasteiger partial charge in [-0.3, -0.25) is 4.79 Å². The fourth-order valence-corrected chi connectivity index (χ4v) is 3.20. The topological polar surface area (TPSA) is 75.6 Å². The number of hydrogen-bond acceptors (Lipinski definition) is 4. The van der Waals surface area contributed by atoms with E-state index in [0.29, 0.717) is 38.6 Å². The van der Waals surface area contributed by atoms with E-state index in [1.807, 2.05) is 12.1 Å². The molecule has 4 rings (SSSR count). The van der Waals surface area contributed by atoms with Gasteiger partial charge in [-0.1, -0.05) is 23.2 Å². The molecule has 0 aliphatic rings. The molecule has 29 heavy (non-hydrogen) atoms. The maximum absolute atomic E-state index is 12.5. The number of halogens is 2. The van der Waals surface area contributed by atoms with E-state index in [4.69, 9.17) is 37.1 Å². The molecule has 0 bridgehead atoms. The molecule has 0 radical (unpaired) electrons. The molecule has 2 N–H and O–H groups in total. The van der Waals surface area contributed by atoms with Gasteiger partial charge in [0.25, 0.3) is 5.91 Å². The van der Waals surface area contributed by atoms with Crippen LogP contribution in [0.1, 0.15) is 16.3 Å². The molecule has 0 unspecified atom stereocenters. The molecule has 0 atom stereocenters. The van der Waals surface area contributed by atoms with Gasteiger partial charge in [0, 0.05) is 21.8 Å². The molecule has 146 valence electrons. The highest BCUT2D eigenvalue weighted by Gasteiger charge is 2.15. The summed E-state index contributed by atoms with van der Waals surface area (Å²) in [7, 11) is 0. The zero-order valence-electron chi connectivity index (χ0n) is 15.0. The summed E-state index contributed by atoms with van der Waals surface area (Å²) in [6.45, 7) is -0.153. The predicted molar refractivity (Wildman–Crippen MR) is 112 cm³/mol. The zero-order valence-corrected chi connectivity index (χ0v) is 16.5. The molecule has 0 saturated heterocycles. The Bertz CT molecular complexity index is 1160. The monoisotopic (exact) mass is 427 g/mol. The van der Waals surface area contributed by atoms with Crippen LogP contribution in [0.2, 0.25) is 10.0 Å². The molecule has 0 aliphatic heterocycles. The summed E-state index contributed by atoms with van der Waals surface area (Å²) in [5.41, 5.74) is 2.05. The molecular formula is C22H15Cl2NO4. The Balaban J connectivity index is 1.48. The van der Waals surface area contributed by atoms with Gasteiger partial charge in [0.15, 0.2) is 5.76 Å². The number of amides is 1. The first-order chi connectivity index (χ1) is 14.0. The van der Waals surface area contributed by atoms with Crippen molar-refractivity contribution in [3.05, 3.63) is 88.3 Å². The van der Waals surface area contributed by atoms with Crippen molar-refractivity contribution >= 4 is 34.8 Å². The van der Waals surface area contributed by atoms with E-state index in [9.17, 15) is 4.79 Å². The summed E-state index contributed by atoms with van der Waals surface area (Å²) >= 11 is 12.2. The number of carbonyl (C=O) groups is 1. The summed E-state index contributed by atoms with van der Waals surface area (Å²) in [5, 5.41) is 12.9. The molecule has 2 heterocycles. The smallest absolute Gasteiger partial charge is 0.291 e. The van der Waals surface area contributed by atoms with Gasteiger partial charge >= 0.3 is 0 Å². The van der Waals surface area contributed by atoms with Crippen molar-refractivity contribution in [2.75, 3.05) is 5.32 Å². The second-order valence-electron chi connectivity index (χ2n) is 6.24. The van der Waals surface area contributed by atoms with Crippen LogP contribution in [0.5, 0.6) is 0 Å². The first kappa shape index (κ1) is 19.3. The normalized spacial score (nSPS) is 10.9. The third-order valence-electron chi connectivity index (χ3n) is 4.27. The summed E-state index contributed by atoms with van der Waals surface area (Å²) in [4.78, 5) is 12.5. The number of aliphatic hydroxyl groups excluding tert-OH is 1. The van der Waals surface area contributed by atoms with E-state index >= 15 is 0 Å². The van der Waals surface area contributed by atoms with E-state index in [0.717, 1.165) is 5.56 Å². The van der Waals surface area contributed by atoms with Crippen LogP contribution in [0.4, 0.5) is 5.69 Å². The van der Waals surface area contributed by atoms with Gasteiger partial charge in [0.05, 0.1) is 5.02 Å². The number of benzene rings is 2. The van der Waals surface area contributed by atoms with Crippen LogP contribution >= 0.6 is 23.2 Å². The molecular weight excluding hydrogens is 413 g/mol. The maximum Gasteiger partial charge on any atom is 0.291 e. The number of hydrogen-bond donors (Lipinski definition) is 2. The van der Waals surface area contributed by atoms with Crippen LogP contribution in [-0.2, 0) is 6.61 Å². The van der Waals surface area contributed by atoms with Crippen LogP contribution in [0.15, 0.2) is 75.6 Å². The Kier molecular flexibility index (Phi) is 5.45. The van der Waals surface area contributed by atoms with Crippen LogP contribution in [0.25, 0.3) is 22.6 Å². The van der Waals surface area contributed by atoms with Crippen molar-refractivity contribution in [2.45, 2.75) is 6.61 Å². The molecule has 2 aromatic carbocycles. The average Bonchev–Trinajstić information content (AvgIpc) is 3.40. The van der Waals surface area contributed by atoms with Crippen LogP contribution < -0.4 is 5.32 Å². The lowest BCUT2D eigenvalue weighted by molar-refractivity contribution is 0.0997. The van der Waals surface area contributed by atoms with Crippen molar-refractivity contribution in [1.82, 2.24) is 0 Å². The van der Waals surface area contributed by atoms with Gasteiger partial charge in [-0.2, -0.15) is 0 Å². The molecule has 2 aromatic heterocycles. The van der Waals surface area contributed by atoms with Crippen LogP contribution in [0.3, 0.4) is 0 Å². The Hall–Kier alpha value is -2.99. The fraction of sp³-hybridized carbons (Fsp3) is 0.0455. The SMILES string of the molecule is O=C(Nc1ccc(-c2ccc(CO)o2)cc1)c1ccc(-c2cc(Cl)ccc2Cl)o1. The Morgan fingerprint density at radius 2 is 1.66 bits per heavy atom. The summed E-state index contributed by atoms with van der Waals surface area (Å²) in [5.74, 6) is 1.35. The third kappa shape index (κ3) is 4.22. The highest BCUT2D eigenvalue weighted by molar-refractivity contribution is 6.35. The van der Waals surface area contributed by atoms with E-state index < -0.39 is 0 Å². The van der Waals surface area contributed by atoms with Crippen LogP contribution in [-0.4, -0.2) is 11.0 Å². The Morgan fingerprint density at radius 3 is 2.38 bits per heavy atom. The fourth-order valence-electron chi connectivity index (χ4n) is 2.82. The van der Waals surface area contributed by atoms with Gasteiger partial charge in [0.2, 0.25) is 0 Å². The molecule has 5 nitrogen and oxygen atoms in total. The Morgan fingerprint density at radius 1 is 0.897 bits per heavy atom. The Labute approximate surface area is 176 Å². The number of furan rings is 2. The lowest BCUT2D eigenvalue weighted by Crippen LogP contribution is -2.10. The van der Waals surface area contributed by atoms with Crippen molar-refractivity contribution in [3.63, 3.8) is 0 Å². The predicted octanol–water partition coefficient (Wildman–Crippen LogP) is 6.26. The van der Waals surface area contributed by atoms with Crippen molar-refractivity contribution in [1.29, 1.82) is 0 Å². The third-order valence-corrected chi connectivity index (χ3v) is 4.83. The number of rotatable bonds is 5. The van der Waals surface area contributed by atoms with Crippen molar-refractivity contribution in [3.8, 4) is 22.6 Å². The summed E-state index contributed by atoms with van der Waals surface area (Å²) < 4.78 is 11.2. The van der Waals surface area contributed by atoms with Crippen molar-refractivity contribution < 1.29 is 18.7 Å². The molecule has 0 aliphatic carbocycles. The molecule has 0 fully saturated rings. The highest BCUT2D eigenvalue weighted by Crippen LogP contribution is 2.32. The van der Waals surface area contributed by atoms with Gasteiger partial charge < -0.3 is 19.3 Å². The standard InChI is InChI=1S/C22H15Cl2NO4/c23-14-3-7-18(24)17(11-14)20-9-10-21(29-20)22(27)25-15-4-1-13(2-5-15)19-8-6-16(12-26)28-19/h1-11,26H,12H2,(H,25,27). The lowest BCUT2D eigenvalue weighted by atomic mass is 10.1. The minimum atomic E-state index is -0.386. The first-order valence-corrected chi connectivity index (χ1v) is 9.46. The van der Waals surface area contributed by atoms with E-state index in [1.54, 1.807) is 54.6 Å². The number of aliphatic hydroxyl groups is 1. The highest BCUT2D eigenvalue weighted by atomic mass is 35.5. The van der Waals surface area contributed by atoms with Crippen LogP contribution in [0, 0.1) is 0 Å². The molecule has 7 heteroatoms. The van der Waals surface area contributed by atoms with Gasteiger partial charge in [-0.25, -0.2) is 0 Å². The second kappa shape index (κ2) is 8.17. The van der Waals surface area contributed by atoms with Crippen molar-refractivity contribution in [2.24, 2.45) is 0 Å². The minimum absolute atomic E-state index is 0.152. The number of nitrogens with one attached hydrogen (secondary N) is 1. The first-order valence-electron chi connectivity index (χ1n) is 8.70. The molecule has 0 spiro atoms. The lowest BCUT2D eigenvalue weighted by Gasteiger charge is -2.05. The largest absolute Gasteiger partial charge is 0.459 e. The number of anilines is 1. The second-order valence-corrected chi connectivity index (χ2v) is 7.09. The molecule has 1 amide bonds. The quantitative estimate of drug-likeness (QED) is 0.394. The summed E-state index contributed by atoms with van der Waals surface area (Å²) in [6, 6.07) is 18.9. The summed E-state index contributed by atoms with van der Waals surface area (Å²) in [6.07, 6.45) is 0. The molecule has 4 aromatic rings. The maximum atomic E-state index is 12.5. The molecule has 0 saturated carbocycles. The van der Waals surface area contributed by atoms with Gasteiger partial charge in [0.1, 0.15) is 23.9 Å². The van der Waals surface area contributed by atoms with Gasteiger partial charge in [-0.05, 0) is 66.7 Å². The van der Waals surface area contributed by atoms with E-state index in [1.165, 1.54) is 0 Å². The van der Waals surface area contributed by atoms with E-state index in [-0.39, 0.29) is 18.3 Å². The average molecular weight is 428 g/mol. The minimum Gasteiger partial charge on any atom is -0.459 e. The van der Waals surface area contributed by atoms with E-state index in [2.05, 4.69) is 5.32 Å². The zero-order chi connectivity index (χ0) is 20.4. The number of carbonyl (C=O) groups excluding carboxylic acids is 1.